The fourth-order valence-corrected chi connectivity index (χ4v) is 7.36. The first-order valence-electron chi connectivity index (χ1n) is 12.0. The Bertz CT molecular complexity index is 1100. The summed E-state index contributed by atoms with van der Waals surface area (Å²) in [7, 11) is -5.67. The normalized spacial score (nSPS) is 21.5. The van der Waals surface area contributed by atoms with Crippen LogP contribution in [-0.4, -0.2) is 52.8 Å². The molecule has 10 nitrogen and oxygen atoms in total. The van der Waals surface area contributed by atoms with E-state index >= 15 is 0 Å². The highest BCUT2D eigenvalue weighted by atomic mass is 32.3. The van der Waals surface area contributed by atoms with Crippen LogP contribution >= 0.6 is 10.6 Å². The second-order valence-corrected chi connectivity index (χ2v) is 12.8. The molecule has 2 aromatic carbocycles. The van der Waals surface area contributed by atoms with Crippen LogP contribution in [0.5, 0.6) is 5.75 Å². The molecule has 11 N–H and O–H groups in total. The van der Waals surface area contributed by atoms with Gasteiger partial charge in [0.25, 0.3) is 10.1 Å². The summed E-state index contributed by atoms with van der Waals surface area (Å²) >= 11 is 0. The summed E-state index contributed by atoms with van der Waals surface area (Å²) in [6, 6.07) is 13.4. The number of hydrogen-bond acceptors (Lipinski definition) is 9. The average Bonchev–Trinajstić information content (AvgIpc) is 2.92. The zero-order valence-corrected chi connectivity index (χ0v) is 23.7. The van der Waals surface area contributed by atoms with E-state index in [0.717, 1.165) is 36.8 Å². The Morgan fingerprint density at radius 3 is 2.41 bits per heavy atom. The Kier molecular flexibility index (Phi) is 12.5. The molecule has 0 fully saturated rings. The minimum atomic E-state index is -4.07. The number of ether oxygens (including phenoxy) is 1. The molecule has 0 saturated heterocycles. The Morgan fingerprint density at radius 2 is 1.84 bits per heavy atom. The molecule has 0 amide bonds. The van der Waals surface area contributed by atoms with Crippen LogP contribution < -0.4 is 27.7 Å². The van der Waals surface area contributed by atoms with Gasteiger partial charge in [-0.1, -0.05) is 57.0 Å². The van der Waals surface area contributed by atoms with Gasteiger partial charge in [0.1, 0.15) is 5.75 Å². The third-order valence-electron chi connectivity index (χ3n) is 6.67. The molecule has 0 bridgehead atoms. The summed E-state index contributed by atoms with van der Waals surface area (Å²) in [5.74, 6) is 0.374. The van der Waals surface area contributed by atoms with Crippen molar-refractivity contribution in [2.45, 2.75) is 62.6 Å². The lowest BCUT2D eigenvalue weighted by atomic mass is 9.88. The number of benzene rings is 2. The van der Waals surface area contributed by atoms with E-state index in [1.54, 1.807) is 13.2 Å². The first-order chi connectivity index (χ1) is 16.5. The quantitative estimate of drug-likeness (QED) is 0.143. The van der Waals surface area contributed by atoms with Gasteiger partial charge in [0.15, 0.2) is 0 Å². The molecule has 0 radical (unpaired) electrons. The number of unbranched alkanes of at least 4 members (excludes halogenated alkanes) is 1. The Hall–Kier alpha value is -1.74. The van der Waals surface area contributed by atoms with Gasteiger partial charge in [-0.15, -0.1) is 0 Å². The van der Waals surface area contributed by atoms with Gasteiger partial charge in [-0.2, -0.15) is 19.0 Å². The molecule has 2 atom stereocenters. The monoisotopic (exact) mass is 560 g/mol. The van der Waals surface area contributed by atoms with E-state index in [1.807, 2.05) is 36.4 Å². The predicted octanol–water partition coefficient (Wildman–Crippen LogP) is 5.14. The van der Waals surface area contributed by atoms with Crippen molar-refractivity contribution in [1.29, 1.82) is 0 Å². The average molecular weight is 561 g/mol. The Morgan fingerprint density at radius 1 is 1.16 bits per heavy atom. The van der Waals surface area contributed by atoms with Gasteiger partial charge in [-0.05, 0) is 30.5 Å². The van der Waals surface area contributed by atoms with Crippen molar-refractivity contribution >= 4 is 20.7 Å². The second kappa shape index (κ2) is 13.9. The van der Waals surface area contributed by atoms with Crippen LogP contribution in [0, 0.1) is 0 Å². The van der Waals surface area contributed by atoms with Crippen molar-refractivity contribution in [2.75, 3.05) is 25.2 Å². The first-order valence-corrected chi connectivity index (χ1v) is 15.3. The Balaban J connectivity index is 0.00000342. The molecule has 1 aliphatic heterocycles. The largest absolute Gasteiger partial charge is 0.496 e. The summed E-state index contributed by atoms with van der Waals surface area (Å²) in [6.45, 7) is 4.52. The maximum atomic E-state index is 11.5. The molecule has 0 aromatic heterocycles. The number of hydrogen-bond donors (Lipinski definition) is 7. The lowest BCUT2D eigenvalue weighted by Gasteiger charge is -2.42. The molecular weight excluding hydrogens is 516 g/mol. The van der Waals surface area contributed by atoms with Crippen molar-refractivity contribution in [3.63, 3.8) is 0 Å². The third-order valence-corrected chi connectivity index (χ3v) is 9.41. The summed E-state index contributed by atoms with van der Waals surface area (Å²) in [5.41, 5.74) is 2.03. The van der Waals surface area contributed by atoms with Gasteiger partial charge in [0, 0.05) is 29.8 Å². The minimum Gasteiger partial charge on any atom is -0.496 e. The molecule has 12 heteroatoms. The predicted molar refractivity (Wildman–Crippen MR) is 151 cm³/mol. The smallest absolute Gasteiger partial charge is 0.266 e. The van der Waals surface area contributed by atoms with Gasteiger partial charge in [-0.25, -0.2) is 0 Å². The van der Waals surface area contributed by atoms with Crippen molar-refractivity contribution in [3.05, 3.63) is 59.2 Å². The van der Waals surface area contributed by atoms with Gasteiger partial charge in [0.2, 0.25) is 0 Å². The van der Waals surface area contributed by atoms with Gasteiger partial charge >= 0.3 is 0 Å². The summed E-state index contributed by atoms with van der Waals surface area (Å²) < 4.78 is 59.8. The topological polar surface area (TPSA) is 198 Å². The third kappa shape index (κ3) is 8.37. The van der Waals surface area contributed by atoms with Crippen LogP contribution in [0.4, 0.5) is 0 Å². The van der Waals surface area contributed by atoms with Crippen LogP contribution in [0.15, 0.2) is 47.4 Å². The van der Waals surface area contributed by atoms with E-state index in [2.05, 4.69) is 24.5 Å². The van der Waals surface area contributed by atoms with E-state index < -0.39 is 32.0 Å². The zero-order valence-electron chi connectivity index (χ0n) is 22.1. The molecule has 0 aliphatic carbocycles. The zero-order chi connectivity index (χ0) is 25.7. The maximum absolute atomic E-state index is 11.5. The summed E-state index contributed by atoms with van der Waals surface area (Å²) in [4.78, 5) is 0.484. The molecular formula is C25H44N4O6S2. The van der Waals surface area contributed by atoms with Crippen LogP contribution in [0.3, 0.4) is 0 Å². The summed E-state index contributed by atoms with van der Waals surface area (Å²) in [6.07, 6.45) is 3.56. The molecule has 1 heterocycles. The van der Waals surface area contributed by atoms with E-state index in [-0.39, 0.29) is 37.2 Å². The molecule has 0 spiro atoms. The van der Waals surface area contributed by atoms with E-state index in [1.165, 1.54) is 0 Å². The van der Waals surface area contributed by atoms with Crippen molar-refractivity contribution in [2.24, 2.45) is 0 Å². The molecule has 212 valence electrons. The number of rotatable bonds is 11. The van der Waals surface area contributed by atoms with Crippen LogP contribution in [-0.2, 0) is 16.7 Å². The van der Waals surface area contributed by atoms with Crippen molar-refractivity contribution < 1.29 is 26.8 Å². The lowest BCUT2D eigenvalue weighted by molar-refractivity contribution is 0.290. The molecule has 2 aromatic rings. The summed E-state index contributed by atoms with van der Waals surface area (Å²) in [5, 5.41) is 6.81. The number of fused-ring (bicyclic) bond motifs is 1. The van der Waals surface area contributed by atoms with E-state index in [9.17, 15) is 17.5 Å². The van der Waals surface area contributed by atoms with Gasteiger partial charge < -0.3 is 22.4 Å². The fraction of sp³-hybridized carbons (Fsp3) is 0.520. The lowest BCUT2D eigenvalue weighted by Crippen LogP contribution is -2.49. The molecule has 0 unspecified atom stereocenters. The second-order valence-electron chi connectivity index (χ2n) is 9.20. The molecule has 37 heavy (non-hydrogen) atoms. The molecule has 0 saturated carbocycles. The standard InChI is InChI=1S/C25H38N2O6S2.2H3N/c1-4-6-12-25(5-2)18-34(28,29)23-15-20(17-26-13-14-35(30,31)32)22(33-3)16-21(23)24(27-25)19-10-8-7-9-11-19;;/h7-11,15-16,24,26-29H,4-6,12-14,17-18H2,1-3H3,(H,30,31,32);2*1H3/t24-,25-;;/m1../s1. The van der Waals surface area contributed by atoms with Crippen LogP contribution in [0.25, 0.3) is 0 Å². The highest BCUT2D eigenvalue weighted by molar-refractivity contribution is 8.24. The molecule has 1 aliphatic rings. The Labute approximate surface area is 222 Å². The highest BCUT2D eigenvalue weighted by Crippen LogP contribution is 2.58. The highest BCUT2D eigenvalue weighted by Gasteiger charge is 2.42. The van der Waals surface area contributed by atoms with Crippen molar-refractivity contribution in [1.82, 2.24) is 22.9 Å². The fourth-order valence-electron chi connectivity index (χ4n) is 4.72. The van der Waals surface area contributed by atoms with Crippen molar-refractivity contribution in [3.8, 4) is 5.75 Å². The number of methoxy groups -OCH3 is 1. The minimum absolute atomic E-state index is 0. The van der Waals surface area contributed by atoms with E-state index in [4.69, 9.17) is 9.29 Å². The maximum Gasteiger partial charge on any atom is 0.266 e. The van der Waals surface area contributed by atoms with Gasteiger partial charge in [-0.3, -0.25) is 19.0 Å². The van der Waals surface area contributed by atoms with Crippen LogP contribution in [0.1, 0.15) is 62.3 Å². The first kappa shape index (κ1) is 33.3. The van der Waals surface area contributed by atoms with Gasteiger partial charge in [0.05, 0.1) is 29.6 Å². The van der Waals surface area contributed by atoms with Crippen LogP contribution in [0.2, 0.25) is 0 Å². The SMILES string of the molecule is CCCC[C@]1(CC)CS(O)(O)c2cc(CNCCS(=O)(=O)O)c(OC)cc2[C@@H](c2ccccc2)N1.N.N. The van der Waals surface area contributed by atoms with E-state index in [0.29, 0.717) is 16.2 Å². The molecule has 3 rings (SSSR count). The number of nitrogens with one attached hydrogen (secondary N) is 2.